The smallest absolute Gasteiger partial charge is 0.317 e. The number of hydrogen-bond acceptors (Lipinski definition) is 14. The number of carbonyl (C=O) groups is 3. The second kappa shape index (κ2) is 11.3. The van der Waals surface area contributed by atoms with Crippen molar-refractivity contribution >= 4 is 17.7 Å². The van der Waals surface area contributed by atoms with E-state index in [1.54, 1.807) is 12.1 Å². The molecule has 2 aromatic carbocycles. The van der Waals surface area contributed by atoms with Crippen LogP contribution in [0.15, 0.2) is 24.3 Å². The zero-order valence-corrected chi connectivity index (χ0v) is 21.4. The Bertz CT molecular complexity index is 1360. The summed E-state index contributed by atoms with van der Waals surface area (Å²) in [7, 11) is 1.44. The number of fused-ring (bicyclic) bond motifs is 2. The van der Waals surface area contributed by atoms with E-state index in [-0.39, 0.29) is 30.5 Å². The van der Waals surface area contributed by atoms with Crippen LogP contribution in [0.4, 0.5) is 0 Å². The molecular formula is C26H26O15. The lowest BCUT2D eigenvalue weighted by Crippen LogP contribution is -2.60. The van der Waals surface area contributed by atoms with Gasteiger partial charge in [0.2, 0.25) is 13.1 Å². The number of carboxylic acid groups (broad SMARTS) is 1. The topological polar surface area (TPSA) is 217 Å². The molecule has 15 nitrogen and oxygen atoms in total. The average molecular weight is 578 g/mol. The van der Waals surface area contributed by atoms with E-state index in [1.807, 2.05) is 0 Å². The molecule has 5 rings (SSSR count). The number of aliphatic hydroxyl groups is 3. The molecule has 1 fully saturated rings. The van der Waals surface area contributed by atoms with Gasteiger partial charge in [-0.3, -0.25) is 14.4 Å². The van der Waals surface area contributed by atoms with E-state index >= 15 is 0 Å². The number of esters is 1. The summed E-state index contributed by atoms with van der Waals surface area (Å²) in [6.07, 6.45) is -9.22. The Morgan fingerprint density at radius 1 is 0.976 bits per heavy atom. The first-order valence-corrected chi connectivity index (χ1v) is 12.3. The Morgan fingerprint density at radius 3 is 2.41 bits per heavy atom. The molecule has 6 atom stereocenters. The van der Waals surface area contributed by atoms with E-state index in [2.05, 4.69) is 0 Å². The molecule has 220 valence electrons. The number of rotatable bonds is 8. The Hall–Kier alpha value is -4.31. The molecule has 1 saturated heterocycles. The third-order valence-electron chi connectivity index (χ3n) is 6.75. The number of aromatic hydroxyl groups is 1. The molecule has 2 aromatic rings. The Labute approximate surface area is 231 Å². The van der Waals surface area contributed by atoms with Crippen LogP contribution in [-0.4, -0.2) is 101 Å². The monoisotopic (exact) mass is 578 g/mol. The molecule has 0 unspecified atom stereocenters. The summed E-state index contributed by atoms with van der Waals surface area (Å²) in [5, 5.41) is 50.3. The van der Waals surface area contributed by atoms with Crippen molar-refractivity contribution in [3.05, 3.63) is 35.4 Å². The molecule has 3 aliphatic heterocycles. The minimum atomic E-state index is -1.79. The molecule has 15 heteroatoms. The largest absolute Gasteiger partial charge is 0.507 e. The lowest BCUT2D eigenvalue weighted by atomic mass is 9.87. The Morgan fingerprint density at radius 2 is 1.71 bits per heavy atom. The van der Waals surface area contributed by atoms with Gasteiger partial charge in [0.25, 0.3) is 0 Å². The van der Waals surface area contributed by atoms with Crippen molar-refractivity contribution in [2.45, 2.75) is 43.0 Å². The molecule has 0 bridgehead atoms. The first kappa shape index (κ1) is 28.2. The molecular weight excluding hydrogens is 552 g/mol. The molecule has 3 heterocycles. The van der Waals surface area contributed by atoms with E-state index < -0.39 is 73.1 Å². The molecule has 0 aromatic heterocycles. The summed E-state index contributed by atoms with van der Waals surface area (Å²) >= 11 is 0. The molecule has 41 heavy (non-hydrogen) atoms. The van der Waals surface area contributed by atoms with Crippen molar-refractivity contribution in [3.8, 4) is 34.5 Å². The minimum absolute atomic E-state index is 0.0222. The molecule has 0 radical (unpaired) electrons. The number of methoxy groups -OCH3 is 1. The van der Waals surface area contributed by atoms with Gasteiger partial charge in [0, 0.05) is 23.8 Å². The summed E-state index contributed by atoms with van der Waals surface area (Å²) in [6, 6.07) is 5.56. The third kappa shape index (κ3) is 5.52. The second-order valence-corrected chi connectivity index (χ2v) is 9.38. The molecule has 5 N–H and O–H groups in total. The van der Waals surface area contributed by atoms with Crippen molar-refractivity contribution in [1.82, 2.24) is 0 Å². The van der Waals surface area contributed by atoms with Crippen LogP contribution in [0.5, 0.6) is 34.5 Å². The molecule has 0 amide bonds. The van der Waals surface area contributed by atoms with Crippen molar-refractivity contribution in [2.24, 2.45) is 0 Å². The first-order valence-electron chi connectivity index (χ1n) is 12.3. The predicted molar refractivity (Wildman–Crippen MR) is 130 cm³/mol. The number of hydrogen-bond donors (Lipinski definition) is 5. The maximum absolute atomic E-state index is 13.5. The van der Waals surface area contributed by atoms with Gasteiger partial charge in [-0.2, -0.15) is 0 Å². The summed E-state index contributed by atoms with van der Waals surface area (Å²) < 4.78 is 37.8. The Kier molecular flexibility index (Phi) is 7.77. The quantitative estimate of drug-likeness (QED) is 0.201. The van der Waals surface area contributed by atoms with Crippen LogP contribution in [0.25, 0.3) is 0 Å². The zero-order valence-electron chi connectivity index (χ0n) is 21.4. The summed E-state index contributed by atoms with van der Waals surface area (Å²) in [5.74, 6) is -3.24. The van der Waals surface area contributed by atoms with Crippen molar-refractivity contribution in [3.63, 3.8) is 0 Å². The summed E-state index contributed by atoms with van der Waals surface area (Å²) in [6.45, 7) is -0.744. The van der Waals surface area contributed by atoms with E-state index in [4.69, 9.17) is 38.3 Å². The number of aliphatic carboxylic acids is 1. The molecule has 0 saturated carbocycles. The highest BCUT2D eigenvalue weighted by Gasteiger charge is 2.46. The fourth-order valence-electron chi connectivity index (χ4n) is 4.68. The number of carbonyl (C=O) groups excluding carboxylic acids is 2. The van der Waals surface area contributed by atoms with Crippen LogP contribution < -0.4 is 23.7 Å². The normalized spacial score (nSPS) is 26.5. The fourth-order valence-corrected chi connectivity index (χ4v) is 4.68. The van der Waals surface area contributed by atoms with Crippen LogP contribution in [0.2, 0.25) is 0 Å². The van der Waals surface area contributed by atoms with E-state index in [0.29, 0.717) is 22.8 Å². The Balaban J connectivity index is 1.33. The van der Waals surface area contributed by atoms with Gasteiger partial charge in [-0.25, -0.2) is 0 Å². The number of phenolic OH excluding ortho intramolecular Hbond substituents is 1. The zero-order chi connectivity index (χ0) is 29.4. The molecule has 0 aliphatic carbocycles. The highest BCUT2D eigenvalue weighted by molar-refractivity contribution is 6.07. The van der Waals surface area contributed by atoms with Gasteiger partial charge in [0.05, 0.1) is 13.0 Å². The van der Waals surface area contributed by atoms with Crippen LogP contribution in [0, 0.1) is 0 Å². The third-order valence-corrected chi connectivity index (χ3v) is 6.75. The van der Waals surface area contributed by atoms with Crippen LogP contribution in [0.1, 0.15) is 28.3 Å². The van der Waals surface area contributed by atoms with Gasteiger partial charge in [0.15, 0.2) is 17.3 Å². The number of aliphatic hydroxyl groups excluding tert-OH is 3. The van der Waals surface area contributed by atoms with Gasteiger partial charge in [-0.05, 0) is 6.07 Å². The average Bonchev–Trinajstić information content (AvgIpc) is 3.39. The van der Waals surface area contributed by atoms with Crippen LogP contribution in [0.3, 0.4) is 0 Å². The van der Waals surface area contributed by atoms with Crippen molar-refractivity contribution in [2.75, 3.05) is 27.1 Å². The van der Waals surface area contributed by atoms with Gasteiger partial charge in [-0.1, -0.05) is 0 Å². The predicted octanol–water partition coefficient (Wildman–Crippen LogP) is -0.307. The van der Waals surface area contributed by atoms with Crippen molar-refractivity contribution in [1.29, 1.82) is 0 Å². The van der Waals surface area contributed by atoms with Crippen LogP contribution >= 0.6 is 0 Å². The van der Waals surface area contributed by atoms with Gasteiger partial charge < -0.3 is 58.7 Å². The number of phenols is 1. The maximum Gasteiger partial charge on any atom is 0.317 e. The van der Waals surface area contributed by atoms with Crippen molar-refractivity contribution < 1.29 is 73.1 Å². The van der Waals surface area contributed by atoms with Gasteiger partial charge >= 0.3 is 11.9 Å². The fraction of sp³-hybridized carbons (Fsp3) is 0.423. The van der Waals surface area contributed by atoms with Gasteiger partial charge in [0.1, 0.15) is 72.6 Å². The number of ether oxygens (including phenoxy) is 7. The number of ketones is 1. The standard InChI is InChI=1S/C26H26O15/c1-35-14-5-16-15(38-9-39-16)4-11(14)12-7-36-17-3-10(2-13(27)21(17)22(12)31)40-26-25(34)24(33)23(32)18(41-26)8-37-20(30)6-19(28)29/h2-5,12,18,23-27,32-34H,6-9H2,1H3,(H,28,29)/t12-,18+,23+,24+,25+,26+/m1/s1. The second-order valence-electron chi connectivity index (χ2n) is 9.38. The number of Topliss-reactive ketones (excluding diaryl/α,β-unsaturated/α-hetero) is 1. The number of benzene rings is 2. The minimum Gasteiger partial charge on any atom is -0.507 e. The first-order chi connectivity index (χ1) is 19.6. The summed E-state index contributed by atoms with van der Waals surface area (Å²) in [4.78, 5) is 35.7. The lowest BCUT2D eigenvalue weighted by molar-refractivity contribution is -0.278. The lowest BCUT2D eigenvalue weighted by Gasteiger charge is -2.40. The van der Waals surface area contributed by atoms with E-state index in [9.17, 15) is 34.8 Å². The number of carboxylic acids is 1. The molecule has 0 spiro atoms. The summed E-state index contributed by atoms with van der Waals surface area (Å²) in [5.41, 5.74) is 0.339. The maximum atomic E-state index is 13.5. The van der Waals surface area contributed by atoms with E-state index in [1.165, 1.54) is 13.2 Å². The SMILES string of the molecule is COc1cc2c(cc1[C@H]1COc3cc(O[C@H]4O[C@@H](COC(=O)CC(=O)O)[C@H](O)[C@H](O)[C@@H]4O)cc(O)c3C1=O)OCO2. The molecule has 3 aliphatic rings. The van der Waals surface area contributed by atoms with Crippen LogP contribution in [-0.2, 0) is 19.1 Å². The van der Waals surface area contributed by atoms with E-state index in [0.717, 1.165) is 6.07 Å². The highest BCUT2D eigenvalue weighted by atomic mass is 16.7. The highest BCUT2D eigenvalue weighted by Crippen LogP contribution is 2.46. The van der Waals surface area contributed by atoms with Gasteiger partial charge in [-0.15, -0.1) is 0 Å².